The summed E-state index contributed by atoms with van der Waals surface area (Å²) in [5.41, 5.74) is 0.365. The molecule has 2 aromatic carbocycles. The predicted octanol–water partition coefficient (Wildman–Crippen LogP) is 3.47. The van der Waals surface area contributed by atoms with Gasteiger partial charge in [0.15, 0.2) is 17.5 Å². The van der Waals surface area contributed by atoms with Gasteiger partial charge in [-0.25, -0.2) is 13.2 Å². The van der Waals surface area contributed by atoms with Gasteiger partial charge in [0.25, 0.3) is 5.91 Å². The molecule has 1 aliphatic rings. The third-order valence-corrected chi connectivity index (χ3v) is 5.01. The van der Waals surface area contributed by atoms with E-state index in [-0.39, 0.29) is 31.5 Å². The molecule has 160 valence electrons. The fraction of sp³-hybridized carbons (Fsp3) is 0.364. The van der Waals surface area contributed by atoms with Crippen LogP contribution in [0, 0.1) is 17.5 Å². The minimum absolute atomic E-state index is 0.112. The number of likely N-dealkylation sites (tertiary alicyclic amines) is 1. The zero-order chi connectivity index (χ0) is 21.7. The van der Waals surface area contributed by atoms with E-state index < -0.39 is 28.9 Å². The van der Waals surface area contributed by atoms with Crippen molar-refractivity contribution < 1.29 is 27.5 Å². The second-order valence-electron chi connectivity index (χ2n) is 7.11. The van der Waals surface area contributed by atoms with Crippen LogP contribution in [0.1, 0.15) is 35.7 Å². The number of carbonyl (C=O) groups excluding carboxylic acids is 2. The van der Waals surface area contributed by atoms with Crippen LogP contribution in [0.5, 0.6) is 5.75 Å². The maximum absolute atomic E-state index is 13.9. The van der Waals surface area contributed by atoms with E-state index in [0.717, 1.165) is 23.4 Å². The molecule has 1 fully saturated rings. The monoisotopic (exact) mass is 420 g/mol. The topological polar surface area (TPSA) is 58.6 Å². The van der Waals surface area contributed by atoms with Gasteiger partial charge in [0, 0.05) is 19.1 Å². The lowest BCUT2D eigenvalue weighted by atomic mass is 10.0. The highest BCUT2D eigenvalue weighted by Gasteiger charge is 2.27. The second kappa shape index (κ2) is 9.65. The predicted molar refractivity (Wildman–Crippen MR) is 105 cm³/mol. The van der Waals surface area contributed by atoms with Gasteiger partial charge in [-0.1, -0.05) is 12.1 Å². The van der Waals surface area contributed by atoms with E-state index in [4.69, 9.17) is 4.74 Å². The molecule has 0 saturated carbocycles. The van der Waals surface area contributed by atoms with Crippen molar-refractivity contribution >= 4 is 11.8 Å². The average Bonchev–Trinajstić information content (AvgIpc) is 2.74. The smallest absolute Gasteiger partial charge is 0.256 e. The Morgan fingerprint density at radius 2 is 1.70 bits per heavy atom. The zero-order valence-corrected chi connectivity index (χ0v) is 16.6. The second-order valence-corrected chi connectivity index (χ2v) is 7.11. The minimum Gasteiger partial charge on any atom is -0.494 e. The number of piperidine rings is 1. The third-order valence-electron chi connectivity index (χ3n) is 5.01. The summed E-state index contributed by atoms with van der Waals surface area (Å²) >= 11 is 0. The molecule has 5 nitrogen and oxygen atoms in total. The van der Waals surface area contributed by atoms with Crippen LogP contribution in [-0.4, -0.2) is 42.5 Å². The van der Waals surface area contributed by atoms with Crippen molar-refractivity contribution in [3.8, 4) is 5.75 Å². The molecule has 8 heteroatoms. The Bertz CT molecular complexity index is 911. The molecule has 30 heavy (non-hydrogen) atoms. The standard InChI is InChI=1S/C22H23F3N2O3/c1-2-30-16-5-3-14(4-6-16)13-19(28)26-15-9-11-27(12-10-15)22(29)17-7-8-18(23)21(25)20(17)24/h3-8,15H,2,9-13H2,1H3,(H,26,28). The van der Waals surface area contributed by atoms with Gasteiger partial charge in [-0.3, -0.25) is 9.59 Å². The van der Waals surface area contributed by atoms with Crippen molar-refractivity contribution in [1.82, 2.24) is 10.2 Å². The van der Waals surface area contributed by atoms with E-state index >= 15 is 0 Å². The van der Waals surface area contributed by atoms with Crippen molar-refractivity contribution in [1.29, 1.82) is 0 Å². The molecular formula is C22H23F3N2O3. The maximum Gasteiger partial charge on any atom is 0.256 e. The highest BCUT2D eigenvalue weighted by Crippen LogP contribution is 2.20. The Morgan fingerprint density at radius 1 is 1.03 bits per heavy atom. The van der Waals surface area contributed by atoms with E-state index in [1.165, 1.54) is 4.90 Å². The first-order valence-electron chi connectivity index (χ1n) is 9.83. The lowest BCUT2D eigenvalue weighted by Gasteiger charge is -2.32. The van der Waals surface area contributed by atoms with Crippen LogP contribution in [0.3, 0.4) is 0 Å². The van der Waals surface area contributed by atoms with Crippen molar-refractivity contribution in [2.24, 2.45) is 0 Å². The average molecular weight is 420 g/mol. The lowest BCUT2D eigenvalue weighted by Crippen LogP contribution is -2.47. The van der Waals surface area contributed by atoms with Crippen LogP contribution in [0.25, 0.3) is 0 Å². The molecule has 0 unspecified atom stereocenters. The van der Waals surface area contributed by atoms with Gasteiger partial charge in [0.05, 0.1) is 18.6 Å². The van der Waals surface area contributed by atoms with Gasteiger partial charge in [0.2, 0.25) is 5.91 Å². The first-order chi connectivity index (χ1) is 14.4. The number of halogens is 3. The number of carbonyl (C=O) groups is 2. The van der Waals surface area contributed by atoms with E-state index in [9.17, 15) is 22.8 Å². The summed E-state index contributed by atoms with van der Waals surface area (Å²) in [4.78, 5) is 26.1. The van der Waals surface area contributed by atoms with Crippen LogP contribution >= 0.6 is 0 Å². The normalized spacial score (nSPS) is 14.5. The summed E-state index contributed by atoms with van der Waals surface area (Å²) in [5.74, 6) is -4.54. The number of rotatable bonds is 6. The fourth-order valence-corrected chi connectivity index (χ4v) is 3.42. The van der Waals surface area contributed by atoms with E-state index in [1.807, 2.05) is 31.2 Å². The van der Waals surface area contributed by atoms with Gasteiger partial charge < -0.3 is 15.0 Å². The molecule has 0 aromatic heterocycles. The van der Waals surface area contributed by atoms with Crippen LogP contribution < -0.4 is 10.1 Å². The number of benzene rings is 2. The summed E-state index contributed by atoms with van der Waals surface area (Å²) in [6, 6.07) is 8.87. The number of hydrogen-bond acceptors (Lipinski definition) is 3. The Hall–Kier alpha value is -3.03. The molecule has 0 atom stereocenters. The highest BCUT2D eigenvalue weighted by molar-refractivity contribution is 5.94. The number of ether oxygens (including phenoxy) is 1. The van der Waals surface area contributed by atoms with Crippen molar-refractivity contribution in [3.05, 3.63) is 65.0 Å². The molecule has 0 spiro atoms. The van der Waals surface area contributed by atoms with E-state index in [1.54, 1.807) is 0 Å². The fourth-order valence-electron chi connectivity index (χ4n) is 3.42. The van der Waals surface area contributed by atoms with Crippen molar-refractivity contribution in [2.75, 3.05) is 19.7 Å². The van der Waals surface area contributed by atoms with E-state index in [0.29, 0.717) is 19.4 Å². The van der Waals surface area contributed by atoms with Crippen LogP contribution in [0.4, 0.5) is 13.2 Å². The van der Waals surface area contributed by atoms with Crippen molar-refractivity contribution in [2.45, 2.75) is 32.2 Å². The molecular weight excluding hydrogens is 397 g/mol. The van der Waals surface area contributed by atoms with Gasteiger partial charge in [0.1, 0.15) is 5.75 Å². The largest absolute Gasteiger partial charge is 0.494 e. The molecule has 0 bridgehead atoms. The number of amides is 2. The number of nitrogens with one attached hydrogen (secondary N) is 1. The SMILES string of the molecule is CCOc1ccc(CC(=O)NC2CCN(C(=O)c3ccc(F)c(F)c3F)CC2)cc1. The summed E-state index contributed by atoms with van der Waals surface area (Å²) in [6.07, 6.45) is 1.21. The number of hydrogen-bond donors (Lipinski definition) is 1. The van der Waals surface area contributed by atoms with E-state index in [2.05, 4.69) is 5.32 Å². The molecule has 1 heterocycles. The Labute approximate surface area is 172 Å². The van der Waals surface area contributed by atoms with Crippen LogP contribution in [0.15, 0.2) is 36.4 Å². The van der Waals surface area contributed by atoms with Gasteiger partial charge in [-0.15, -0.1) is 0 Å². The summed E-state index contributed by atoms with van der Waals surface area (Å²) in [6.45, 7) is 3.04. The number of nitrogens with zero attached hydrogens (tertiary/aromatic N) is 1. The first-order valence-corrected chi connectivity index (χ1v) is 9.83. The summed E-state index contributed by atoms with van der Waals surface area (Å²) < 4.78 is 45.7. The zero-order valence-electron chi connectivity index (χ0n) is 16.6. The Morgan fingerprint density at radius 3 is 2.33 bits per heavy atom. The highest BCUT2D eigenvalue weighted by atomic mass is 19.2. The summed E-state index contributed by atoms with van der Waals surface area (Å²) in [5, 5.41) is 2.94. The molecule has 0 aliphatic carbocycles. The summed E-state index contributed by atoms with van der Waals surface area (Å²) in [7, 11) is 0. The molecule has 1 saturated heterocycles. The molecule has 1 aliphatic heterocycles. The third kappa shape index (κ3) is 5.11. The van der Waals surface area contributed by atoms with Gasteiger partial charge >= 0.3 is 0 Å². The quantitative estimate of drug-likeness (QED) is 0.729. The Balaban J connectivity index is 1.50. The molecule has 1 N–H and O–H groups in total. The van der Waals surface area contributed by atoms with Crippen molar-refractivity contribution in [3.63, 3.8) is 0 Å². The molecule has 3 rings (SSSR count). The molecule has 2 amide bonds. The Kier molecular flexibility index (Phi) is 6.97. The molecule has 0 radical (unpaired) electrons. The van der Waals surface area contributed by atoms with Crippen LogP contribution in [-0.2, 0) is 11.2 Å². The first kappa shape index (κ1) is 21.7. The lowest BCUT2D eigenvalue weighted by molar-refractivity contribution is -0.121. The molecule has 2 aromatic rings. The minimum atomic E-state index is -1.66. The van der Waals surface area contributed by atoms with Gasteiger partial charge in [-0.2, -0.15) is 0 Å². The van der Waals surface area contributed by atoms with Gasteiger partial charge in [-0.05, 0) is 49.6 Å². The maximum atomic E-state index is 13.9. The van der Waals surface area contributed by atoms with Crippen LogP contribution in [0.2, 0.25) is 0 Å².